The summed E-state index contributed by atoms with van der Waals surface area (Å²) in [7, 11) is 1.36. The van der Waals surface area contributed by atoms with Crippen molar-refractivity contribution < 1.29 is 22.8 Å². The van der Waals surface area contributed by atoms with Crippen molar-refractivity contribution in [1.82, 2.24) is 10.1 Å². The molecule has 1 aliphatic rings. The van der Waals surface area contributed by atoms with Crippen LogP contribution in [-0.4, -0.2) is 23.9 Å². The third kappa shape index (κ3) is 2.61. The topological polar surface area (TPSA) is 83.4 Å². The summed E-state index contributed by atoms with van der Waals surface area (Å²) >= 11 is 0. The lowest BCUT2D eigenvalue weighted by Crippen LogP contribution is -2.44. The standard InChI is InChI=1S/C14H15F2N3O3/c1-20-10-7-8(3-4-9(10)21-13(15)16)11-18-12(19-22-11)14(17)5-2-6-14/h3-4,7,13H,2,5-6,17H2,1H3. The molecule has 2 N–H and O–H groups in total. The first-order valence-corrected chi connectivity index (χ1v) is 6.78. The molecule has 6 nitrogen and oxygen atoms in total. The number of hydrogen-bond donors (Lipinski definition) is 1. The summed E-state index contributed by atoms with van der Waals surface area (Å²) in [6.45, 7) is -2.93. The van der Waals surface area contributed by atoms with Crippen LogP contribution in [0.25, 0.3) is 11.5 Å². The van der Waals surface area contributed by atoms with Gasteiger partial charge in [0.25, 0.3) is 5.89 Å². The van der Waals surface area contributed by atoms with E-state index >= 15 is 0 Å². The van der Waals surface area contributed by atoms with Gasteiger partial charge in [0.05, 0.1) is 12.6 Å². The lowest BCUT2D eigenvalue weighted by Gasteiger charge is -2.34. The molecule has 1 heterocycles. The van der Waals surface area contributed by atoms with Crippen molar-refractivity contribution in [2.75, 3.05) is 7.11 Å². The molecule has 118 valence electrons. The second kappa shape index (κ2) is 5.53. The van der Waals surface area contributed by atoms with Crippen LogP contribution in [0.15, 0.2) is 22.7 Å². The minimum atomic E-state index is -2.93. The maximum Gasteiger partial charge on any atom is 0.387 e. The van der Waals surface area contributed by atoms with Crippen molar-refractivity contribution in [2.24, 2.45) is 5.73 Å². The first-order valence-electron chi connectivity index (χ1n) is 6.78. The van der Waals surface area contributed by atoms with E-state index in [2.05, 4.69) is 14.9 Å². The molecule has 1 aromatic carbocycles. The third-order valence-electron chi connectivity index (χ3n) is 3.74. The van der Waals surface area contributed by atoms with Crippen LogP contribution in [0.3, 0.4) is 0 Å². The zero-order valence-electron chi connectivity index (χ0n) is 11.9. The van der Waals surface area contributed by atoms with Crippen molar-refractivity contribution in [3.05, 3.63) is 24.0 Å². The first-order chi connectivity index (χ1) is 10.5. The van der Waals surface area contributed by atoms with Gasteiger partial charge in [0.2, 0.25) is 0 Å². The Morgan fingerprint density at radius 2 is 2.09 bits per heavy atom. The molecular weight excluding hydrogens is 296 g/mol. The van der Waals surface area contributed by atoms with Gasteiger partial charge in [-0.3, -0.25) is 0 Å². The number of aromatic nitrogens is 2. The normalized spacial score (nSPS) is 16.4. The smallest absolute Gasteiger partial charge is 0.387 e. The van der Waals surface area contributed by atoms with E-state index < -0.39 is 12.2 Å². The molecule has 2 aromatic rings. The van der Waals surface area contributed by atoms with Crippen LogP contribution < -0.4 is 15.2 Å². The lowest BCUT2D eigenvalue weighted by atomic mass is 9.77. The number of halogens is 2. The SMILES string of the molecule is COc1cc(-c2nc(C3(N)CCC3)no2)ccc1OC(F)F. The summed E-state index contributed by atoms with van der Waals surface area (Å²) in [5, 5.41) is 3.91. The van der Waals surface area contributed by atoms with Crippen LogP contribution in [0.4, 0.5) is 8.78 Å². The van der Waals surface area contributed by atoms with E-state index in [4.69, 9.17) is 15.0 Å². The molecule has 0 unspecified atom stereocenters. The second-order valence-electron chi connectivity index (χ2n) is 5.18. The van der Waals surface area contributed by atoms with E-state index in [1.54, 1.807) is 6.07 Å². The molecule has 0 amide bonds. The third-order valence-corrected chi connectivity index (χ3v) is 3.74. The fourth-order valence-electron chi connectivity index (χ4n) is 2.32. The van der Waals surface area contributed by atoms with Gasteiger partial charge in [-0.25, -0.2) is 0 Å². The fraction of sp³-hybridized carbons (Fsp3) is 0.429. The molecule has 1 aliphatic carbocycles. The molecule has 1 fully saturated rings. The highest BCUT2D eigenvalue weighted by Gasteiger charge is 2.39. The Hall–Kier alpha value is -2.22. The molecule has 8 heteroatoms. The molecule has 1 aromatic heterocycles. The number of hydrogen-bond acceptors (Lipinski definition) is 6. The molecule has 1 saturated carbocycles. The minimum Gasteiger partial charge on any atom is -0.493 e. The number of methoxy groups -OCH3 is 1. The van der Waals surface area contributed by atoms with E-state index in [-0.39, 0.29) is 17.4 Å². The van der Waals surface area contributed by atoms with Crippen molar-refractivity contribution in [3.8, 4) is 23.0 Å². The van der Waals surface area contributed by atoms with Crippen LogP contribution in [0, 0.1) is 0 Å². The number of nitrogens with zero attached hydrogens (tertiary/aromatic N) is 2. The summed E-state index contributed by atoms with van der Waals surface area (Å²) in [4.78, 5) is 4.29. The summed E-state index contributed by atoms with van der Waals surface area (Å²) in [6.07, 6.45) is 2.67. The molecule has 22 heavy (non-hydrogen) atoms. The average Bonchev–Trinajstić information content (AvgIpc) is 2.94. The van der Waals surface area contributed by atoms with Crippen LogP contribution in [0.2, 0.25) is 0 Å². The second-order valence-corrected chi connectivity index (χ2v) is 5.18. The molecule has 0 spiro atoms. The molecule has 0 saturated heterocycles. The van der Waals surface area contributed by atoms with E-state index in [1.165, 1.54) is 19.2 Å². The predicted octanol–water partition coefficient (Wildman–Crippen LogP) is 2.68. The Morgan fingerprint density at radius 1 is 1.32 bits per heavy atom. The average molecular weight is 311 g/mol. The zero-order valence-corrected chi connectivity index (χ0v) is 11.9. The van der Waals surface area contributed by atoms with Gasteiger partial charge in [-0.15, -0.1) is 0 Å². The number of ether oxygens (including phenoxy) is 2. The number of nitrogens with two attached hydrogens (primary N) is 1. The number of alkyl halides is 2. The largest absolute Gasteiger partial charge is 0.493 e. The van der Waals surface area contributed by atoms with Gasteiger partial charge in [-0.1, -0.05) is 5.16 Å². The molecule has 0 atom stereocenters. The Morgan fingerprint density at radius 3 is 2.68 bits per heavy atom. The van der Waals surface area contributed by atoms with Gasteiger partial charge in [0, 0.05) is 5.56 Å². The van der Waals surface area contributed by atoms with E-state index in [1.807, 2.05) is 0 Å². The fourth-order valence-corrected chi connectivity index (χ4v) is 2.32. The van der Waals surface area contributed by atoms with Gasteiger partial charge in [-0.2, -0.15) is 13.8 Å². The quantitative estimate of drug-likeness (QED) is 0.914. The minimum absolute atomic E-state index is 0.0599. The first kappa shape index (κ1) is 14.7. The Kier molecular flexibility index (Phi) is 3.69. The summed E-state index contributed by atoms with van der Waals surface area (Å²) in [6, 6.07) is 4.41. The van der Waals surface area contributed by atoms with Crippen molar-refractivity contribution in [2.45, 2.75) is 31.4 Å². The lowest BCUT2D eigenvalue weighted by molar-refractivity contribution is -0.0512. The summed E-state index contributed by atoms with van der Waals surface area (Å²) in [5.74, 6) is 0.813. The van der Waals surface area contributed by atoms with Gasteiger partial charge < -0.3 is 19.7 Å². The number of benzene rings is 1. The van der Waals surface area contributed by atoms with Crippen molar-refractivity contribution in [1.29, 1.82) is 0 Å². The summed E-state index contributed by atoms with van der Waals surface area (Å²) in [5.41, 5.74) is 6.16. The van der Waals surface area contributed by atoms with E-state index in [0.717, 1.165) is 19.3 Å². The van der Waals surface area contributed by atoms with Crippen LogP contribution in [0.1, 0.15) is 25.1 Å². The maximum atomic E-state index is 12.3. The Bertz CT molecular complexity index is 671. The molecule has 3 rings (SSSR count). The van der Waals surface area contributed by atoms with Gasteiger partial charge in [0.15, 0.2) is 17.3 Å². The van der Waals surface area contributed by atoms with Crippen LogP contribution in [-0.2, 0) is 5.54 Å². The zero-order chi connectivity index (χ0) is 15.7. The highest BCUT2D eigenvalue weighted by Crippen LogP contribution is 2.38. The van der Waals surface area contributed by atoms with Crippen molar-refractivity contribution in [3.63, 3.8) is 0 Å². The Labute approximate surface area is 125 Å². The van der Waals surface area contributed by atoms with E-state index in [9.17, 15) is 8.78 Å². The van der Waals surface area contributed by atoms with Crippen LogP contribution in [0.5, 0.6) is 11.5 Å². The van der Waals surface area contributed by atoms with Crippen LogP contribution >= 0.6 is 0 Å². The maximum absolute atomic E-state index is 12.3. The number of rotatable bonds is 5. The molecule has 0 radical (unpaired) electrons. The van der Waals surface area contributed by atoms with Crippen molar-refractivity contribution >= 4 is 0 Å². The predicted molar refractivity (Wildman–Crippen MR) is 72.6 cm³/mol. The summed E-state index contributed by atoms with van der Waals surface area (Å²) < 4.78 is 39.2. The molecular formula is C14H15F2N3O3. The van der Waals surface area contributed by atoms with Gasteiger partial charge in [-0.05, 0) is 37.5 Å². The molecule has 0 bridgehead atoms. The highest BCUT2D eigenvalue weighted by atomic mass is 19.3. The van der Waals surface area contributed by atoms with Gasteiger partial charge >= 0.3 is 6.61 Å². The highest BCUT2D eigenvalue weighted by molar-refractivity contribution is 5.59. The van der Waals surface area contributed by atoms with Gasteiger partial charge in [0.1, 0.15) is 0 Å². The van der Waals surface area contributed by atoms with E-state index in [0.29, 0.717) is 11.4 Å². The molecule has 0 aliphatic heterocycles. The Balaban J connectivity index is 1.88. The monoisotopic (exact) mass is 311 g/mol.